The summed E-state index contributed by atoms with van der Waals surface area (Å²) in [5.41, 5.74) is -5.39. The average Bonchev–Trinajstić information content (AvgIpc) is 3.64. The molecule has 4 aliphatic rings. The molecule has 0 radical (unpaired) electrons. The number of hydrogen-bond acceptors (Lipinski definition) is 13. The molecule has 13 nitrogen and oxygen atoms in total. The highest BCUT2D eigenvalue weighted by atomic mass is 35.5. The van der Waals surface area contributed by atoms with Crippen LogP contribution in [0.15, 0.2) is 23.8 Å². The van der Waals surface area contributed by atoms with Crippen molar-refractivity contribution in [3.05, 3.63) is 23.8 Å². The van der Waals surface area contributed by atoms with Crippen LogP contribution in [-0.4, -0.2) is 100 Å². The van der Waals surface area contributed by atoms with E-state index in [-0.39, 0.29) is 12.5 Å². The van der Waals surface area contributed by atoms with Crippen LogP contribution in [0.1, 0.15) is 41.5 Å². The largest absolute Gasteiger partial charge is 0.459 e. The van der Waals surface area contributed by atoms with Gasteiger partial charge in [-0.15, -0.1) is 11.6 Å². The number of ether oxygens (including phenoxy) is 6. The molecule has 3 fully saturated rings. The van der Waals surface area contributed by atoms with Gasteiger partial charge < -0.3 is 38.6 Å². The van der Waals surface area contributed by atoms with Gasteiger partial charge >= 0.3 is 29.8 Å². The van der Waals surface area contributed by atoms with Gasteiger partial charge in [-0.25, -0.2) is 0 Å². The standard InChI is InChI=1S/C28H35ClO13/c1-12-25(35)42-19-9-17(10-29)7-8-18(38-13(2)30)26(6)21(24(28(12,19)36)41-16(5)33)27(11-37-27)22(34)20(39-14(3)31)23(26)40-15(4)32/h7-9,12,18-24,34,36H,10-11H2,1-6H3. The number of carbonyl (C=O) groups is 5. The number of aliphatic hydroxyl groups is 2. The lowest BCUT2D eigenvalue weighted by molar-refractivity contribution is -0.276. The Bertz CT molecular complexity index is 1220. The molecule has 0 aromatic carbocycles. The summed E-state index contributed by atoms with van der Waals surface area (Å²) < 4.78 is 34.2. The van der Waals surface area contributed by atoms with Crippen LogP contribution in [-0.2, 0) is 52.4 Å². The molecule has 2 aliphatic carbocycles. The van der Waals surface area contributed by atoms with E-state index in [2.05, 4.69) is 0 Å². The Labute approximate surface area is 247 Å². The zero-order chi connectivity index (χ0) is 31.4. The number of epoxide rings is 1. The van der Waals surface area contributed by atoms with Crippen molar-refractivity contribution in [3.63, 3.8) is 0 Å². The summed E-state index contributed by atoms with van der Waals surface area (Å²) in [5.74, 6) is -6.86. The predicted molar refractivity (Wildman–Crippen MR) is 140 cm³/mol. The molecule has 2 N–H and O–H groups in total. The molecule has 2 heterocycles. The summed E-state index contributed by atoms with van der Waals surface area (Å²) in [7, 11) is 0. The van der Waals surface area contributed by atoms with Gasteiger partial charge in [-0.1, -0.05) is 13.0 Å². The van der Waals surface area contributed by atoms with Crippen molar-refractivity contribution >= 4 is 41.4 Å². The van der Waals surface area contributed by atoms with Crippen LogP contribution in [0.3, 0.4) is 0 Å². The maximum Gasteiger partial charge on any atom is 0.312 e. The highest BCUT2D eigenvalue weighted by molar-refractivity contribution is 6.19. The quantitative estimate of drug-likeness (QED) is 0.189. The van der Waals surface area contributed by atoms with Gasteiger partial charge in [0.15, 0.2) is 23.9 Å². The molecule has 11 unspecified atom stereocenters. The van der Waals surface area contributed by atoms with E-state index >= 15 is 0 Å². The van der Waals surface area contributed by atoms with Crippen LogP contribution in [0, 0.1) is 17.3 Å². The van der Waals surface area contributed by atoms with Crippen LogP contribution >= 0.6 is 11.6 Å². The summed E-state index contributed by atoms with van der Waals surface area (Å²) in [4.78, 5) is 62.9. The van der Waals surface area contributed by atoms with Gasteiger partial charge in [-0.05, 0) is 24.6 Å². The lowest BCUT2D eigenvalue weighted by atomic mass is 9.51. The molecule has 0 aromatic heterocycles. The lowest BCUT2D eigenvalue weighted by Crippen LogP contribution is -2.75. The van der Waals surface area contributed by atoms with E-state index in [1.54, 1.807) is 0 Å². The van der Waals surface area contributed by atoms with E-state index in [1.807, 2.05) is 0 Å². The maximum atomic E-state index is 13.0. The minimum Gasteiger partial charge on any atom is -0.459 e. The summed E-state index contributed by atoms with van der Waals surface area (Å²) in [6.45, 7) is 7.15. The summed E-state index contributed by atoms with van der Waals surface area (Å²) in [6.07, 6.45) is -4.86. The highest BCUT2D eigenvalue weighted by Gasteiger charge is 2.80. The smallest absolute Gasteiger partial charge is 0.312 e. The molecule has 0 aromatic rings. The molecule has 232 valence electrons. The Morgan fingerprint density at radius 2 is 1.55 bits per heavy atom. The number of hydrogen-bond donors (Lipinski definition) is 2. The Morgan fingerprint density at radius 3 is 2.05 bits per heavy atom. The van der Waals surface area contributed by atoms with Gasteiger partial charge in [0.1, 0.15) is 23.9 Å². The first-order valence-corrected chi connectivity index (χ1v) is 14.0. The monoisotopic (exact) mass is 614 g/mol. The zero-order valence-electron chi connectivity index (χ0n) is 24.0. The zero-order valence-corrected chi connectivity index (χ0v) is 24.8. The Morgan fingerprint density at radius 1 is 1.00 bits per heavy atom. The van der Waals surface area contributed by atoms with E-state index in [0.29, 0.717) is 5.57 Å². The third-order valence-electron chi connectivity index (χ3n) is 8.70. The number of alkyl halides is 1. The van der Waals surface area contributed by atoms with Crippen molar-refractivity contribution in [1.82, 2.24) is 0 Å². The number of halogens is 1. The fourth-order valence-corrected chi connectivity index (χ4v) is 6.95. The molecule has 1 spiro atoms. The number of allylic oxidation sites excluding steroid dienone is 2. The molecule has 4 rings (SSSR count). The minimum atomic E-state index is -2.29. The third kappa shape index (κ3) is 5.10. The second kappa shape index (κ2) is 11.3. The van der Waals surface area contributed by atoms with Gasteiger partial charge in [0.2, 0.25) is 0 Å². The van der Waals surface area contributed by atoms with Crippen molar-refractivity contribution < 1.29 is 62.6 Å². The molecule has 2 saturated heterocycles. The first-order chi connectivity index (χ1) is 19.5. The van der Waals surface area contributed by atoms with E-state index in [9.17, 15) is 34.2 Å². The Balaban J connectivity index is 2.12. The fourth-order valence-electron chi connectivity index (χ4n) is 6.77. The van der Waals surface area contributed by atoms with Crippen molar-refractivity contribution in [2.45, 2.75) is 89.4 Å². The highest BCUT2D eigenvalue weighted by Crippen LogP contribution is 2.62. The summed E-state index contributed by atoms with van der Waals surface area (Å²) in [5, 5.41) is 24.2. The van der Waals surface area contributed by atoms with Crippen LogP contribution in [0.25, 0.3) is 0 Å². The number of rotatable bonds is 5. The number of carbonyl (C=O) groups excluding carboxylic acids is 5. The summed E-state index contributed by atoms with van der Waals surface area (Å²) >= 11 is 6.19. The SMILES string of the molecule is CC(=O)OC1C(O)C2(CO2)C2C(OC(C)=O)C3(O)C(C=C(CCl)C=CC(OC(C)=O)C2(C)C1OC(C)=O)OC(=O)C3C. The van der Waals surface area contributed by atoms with Gasteiger partial charge in [0.25, 0.3) is 0 Å². The molecular formula is C28H35ClO13. The van der Waals surface area contributed by atoms with Crippen LogP contribution in [0.4, 0.5) is 0 Å². The second-order valence-electron chi connectivity index (χ2n) is 11.4. The third-order valence-corrected chi connectivity index (χ3v) is 9.01. The fraction of sp³-hybridized carbons (Fsp3) is 0.679. The van der Waals surface area contributed by atoms with Crippen molar-refractivity contribution in [1.29, 1.82) is 0 Å². The van der Waals surface area contributed by atoms with Crippen LogP contribution < -0.4 is 0 Å². The van der Waals surface area contributed by atoms with Crippen LogP contribution in [0.2, 0.25) is 0 Å². The predicted octanol–water partition coefficient (Wildman–Crippen LogP) is 0.507. The normalized spacial score (nSPS) is 42.3. The number of fused-ring (bicyclic) bond motifs is 3. The van der Waals surface area contributed by atoms with Crippen molar-refractivity contribution in [3.8, 4) is 0 Å². The molecule has 0 bridgehead atoms. The van der Waals surface area contributed by atoms with E-state index in [0.717, 1.165) is 27.7 Å². The first kappa shape index (κ1) is 31.9. The van der Waals surface area contributed by atoms with Crippen LogP contribution in [0.5, 0.6) is 0 Å². The first-order valence-electron chi connectivity index (χ1n) is 13.4. The Hall–Kier alpha value is -3.00. The molecule has 14 heteroatoms. The maximum absolute atomic E-state index is 13.0. The minimum absolute atomic E-state index is 0.130. The van der Waals surface area contributed by atoms with Gasteiger partial charge in [-0.3, -0.25) is 24.0 Å². The van der Waals surface area contributed by atoms with Gasteiger partial charge in [-0.2, -0.15) is 0 Å². The van der Waals surface area contributed by atoms with Crippen molar-refractivity contribution in [2.24, 2.45) is 17.3 Å². The van der Waals surface area contributed by atoms with Gasteiger partial charge in [0, 0.05) is 39.5 Å². The van der Waals surface area contributed by atoms with E-state index in [1.165, 1.54) is 32.1 Å². The molecule has 2 aliphatic heterocycles. The lowest BCUT2D eigenvalue weighted by Gasteiger charge is -2.58. The van der Waals surface area contributed by atoms with E-state index < -0.39 is 94.9 Å². The molecule has 11 atom stereocenters. The second-order valence-corrected chi connectivity index (χ2v) is 11.7. The number of aliphatic hydroxyl groups excluding tert-OH is 1. The topological polar surface area (TPSA) is 184 Å². The number of esters is 5. The molecular weight excluding hydrogens is 580 g/mol. The summed E-state index contributed by atoms with van der Waals surface area (Å²) in [6, 6.07) is 0. The van der Waals surface area contributed by atoms with Gasteiger partial charge in [0.05, 0.1) is 17.9 Å². The average molecular weight is 615 g/mol. The van der Waals surface area contributed by atoms with E-state index in [4.69, 9.17) is 40.0 Å². The van der Waals surface area contributed by atoms with Crippen molar-refractivity contribution in [2.75, 3.05) is 12.5 Å². The molecule has 0 amide bonds. The Kier molecular flexibility index (Phi) is 8.55. The molecule has 42 heavy (non-hydrogen) atoms. The molecule has 1 saturated carbocycles.